The lowest BCUT2D eigenvalue weighted by molar-refractivity contribution is -0.117. The van der Waals surface area contributed by atoms with Crippen LogP contribution >= 0.6 is 0 Å². The van der Waals surface area contributed by atoms with Crippen LogP contribution in [0.5, 0.6) is 0 Å². The summed E-state index contributed by atoms with van der Waals surface area (Å²) in [5, 5.41) is 0. The molecule has 15 heavy (non-hydrogen) atoms. The molecule has 0 aromatic heterocycles. The van der Waals surface area contributed by atoms with E-state index in [0.29, 0.717) is 6.42 Å². The first-order chi connectivity index (χ1) is 6.84. The van der Waals surface area contributed by atoms with Gasteiger partial charge in [-0.25, -0.2) is 0 Å². The van der Waals surface area contributed by atoms with E-state index in [9.17, 15) is 4.79 Å². The molecule has 0 bridgehead atoms. The first-order valence-corrected chi connectivity index (χ1v) is 5.83. The Morgan fingerprint density at radius 2 is 2.13 bits per heavy atom. The lowest BCUT2D eigenvalue weighted by Crippen LogP contribution is -2.29. The van der Waals surface area contributed by atoms with E-state index >= 15 is 0 Å². The van der Waals surface area contributed by atoms with Crippen LogP contribution in [-0.2, 0) is 4.79 Å². The summed E-state index contributed by atoms with van der Waals surface area (Å²) in [6, 6.07) is -0.0319. The fraction of sp³-hybridized carbons (Fsp3) is 0.769. The molecular weight excluding hydrogens is 186 g/mol. The van der Waals surface area contributed by atoms with Crippen molar-refractivity contribution in [1.29, 1.82) is 0 Å². The molecule has 0 aliphatic heterocycles. The van der Waals surface area contributed by atoms with Crippen LogP contribution in [0.2, 0.25) is 0 Å². The summed E-state index contributed by atoms with van der Waals surface area (Å²) in [6.07, 6.45) is 3.87. The van der Waals surface area contributed by atoms with E-state index in [0.717, 1.165) is 18.4 Å². The average molecular weight is 209 g/mol. The predicted octanol–water partition coefficient (Wildman–Crippen LogP) is 2.82. The van der Waals surface area contributed by atoms with Gasteiger partial charge in [-0.3, -0.25) is 4.79 Å². The summed E-state index contributed by atoms with van der Waals surface area (Å²) >= 11 is 0. The molecule has 1 atom stereocenters. The molecule has 2 N–H and O–H groups in total. The lowest BCUT2D eigenvalue weighted by Gasteiger charge is -2.33. The number of carbonyl (C=O) groups excluding carboxylic acids is 1. The Hall–Kier alpha value is -0.630. The summed E-state index contributed by atoms with van der Waals surface area (Å²) in [5.41, 5.74) is 8.06. The van der Waals surface area contributed by atoms with Gasteiger partial charge in [0.15, 0.2) is 5.78 Å². The molecule has 0 aromatic rings. The Labute approximate surface area is 92.9 Å². The van der Waals surface area contributed by atoms with Crippen molar-refractivity contribution < 1.29 is 4.79 Å². The second-order valence-electron chi connectivity index (χ2n) is 5.50. The van der Waals surface area contributed by atoms with Gasteiger partial charge in [0, 0.05) is 12.5 Å². The molecule has 0 radical (unpaired) electrons. The maximum atomic E-state index is 12.1. The van der Waals surface area contributed by atoms with Gasteiger partial charge >= 0.3 is 0 Å². The van der Waals surface area contributed by atoms with Crippen molar-refractivity contribution in [3.05, 3.63) is 11.1 Å². The Bertz CT molecular complexity index is 287. The molecule has 1 aliphatic carbocycles. The molecule has 86 valence electrons. The van der Waals surface area contributed by atoms with Gasteiger partial charge in [-0.2, -0.15) is 0 Å². The zero-order valence-corrected chi connectivity index (χ0v) is 10.4. The number of rotatable bonds is 3. The number of allylic oxidation sites excluding steroid dienone is 2. The summed E-state index contributed by atoms with van der Waals surface area (Å²) in [5.74, 6) is 0.257. The molecule has 0 saturated carbocycles. The standard InChI is InChI=1S/C13H23NO/c1-9-6-5-7-13(3,4)12(9)11(15)8-10(2)14/h10H,5-8,14H2,1-4H3. The molecular formula is C13H23NO. The van der Waals surface area contributed by atoms with Crippen molar-refractivity contribution in [3.8, 4) is 0 Å². The SMILES string of the molecule is CC1=C(C(=O)CC(C)N)C(C)(C)CCC1. The normalized spacial score (nSPS) is 22.7. The van der Waals surface area contributed by atoms with Crippen LogP contribution in [0.3, 0.4) is 0 Å². The Kier molecular flexibility index (Phi) is 3.72. The largest absolute Gasteiger partial charge is 0.328 e. The number of hydrogen-bond donors (Lipinski definition) is 1. The van der Waals surface area contributed by atoms with Gasteiger partial charge in [-0.05, 0) is 44.1 Å². The second-order valence-corrected chi connectivity index (χ2v) is 5.50. The van der Waals surface area contributed by atoms with E-state index < -0.39 is 0 Å². The fourth-order valence-corrected chi connectivity index (χ4v) is 2.63. The summed E-state index contributed by atoms with van der Waals surface area (Å²) < 4.78 is 0. The molecule has 1 unspecified atom stereocenters. The summed E-state index contributed by atoms with van der Waals surface area (Å²) in [7, 11) is 0. The zero-order valence-electron chi connectivity index (χ0n) is 10.4. The second kappa shape index (κ2) is 4.48. The van der Waals surface area contributed by atoms with Crippen LogP contribution in [0.15, 0.2) is 11.1 Å². The minimum Gasteiger partial charge on any atom is -0.328 e. The smallest absolute Gasteiger partial charge is 0.160 e. The first-order valence-electron chi connectivity index (χ1n) is 5.83. The van der Waals surface area contributed by atoms with Gasteiger partial charge in [0.1, 0.15) is 0 Å². The molecule has 2 nitrogen and oxygen atoms in total. The predicted molar refractivity (Wildman–Crippen MR) is 63.6 cm³/mol. The highest BCUT2D eigenvalue weighted by Crippen LogP contribution is 2.40. The molecule has 0 heterocycles. The fourth-order valence-electron chi connectivity index (χ4n) is 2.63. The van der Waals surface area contributed by atoms with E-state index in [1.807, 2.05) is 6.92 Å². The summed E-state index contributed by atoms with van der Waals surface area (Å²) in [4.78, 5) is 12.1. The lowest BCUT2D eigenvalue weighted by atomic mass is 9.70. The van der Waals surface area contributed by atoms with Gasteiger partial charge in [-0.1, -0.05) is 19.4 Å². The Balaban J connectivity index is 2.93. The molecule has 1 aliphatic rings. The first kappa shape index (κ1) is 12.4. The topological polar surface area (TPSA) is 43.1 Å². The molecule has 0 saturated heterocycles. The third-order valence-electron chi connectivity index (χ3n) is 3.24. The van der Waals surface area contributed by atoms with Crippen molar-refractivity contribution >= 4 is 5.78 Å². The van der Waals surface area contributed by atoms with Crippen LogP contribution in [0.1, 0.15) is 53.4 Å². The molecule has 0 fully saturated rings. The van der Waals surface area contributed by atoms with Crippen molar-refractivity contribution in [2.75, 3.05) is 0 Å². The Morgan fingerprint density at radius 1 is 1.53 bits per heavy atom. The van der Waals surface area contributed by atoms with Crippen molar-refractivity contribution in [3.63, 3.8) is 0 Å². The van der Waals surface area contributed by atoms with Crippen LogP contribution in [0.4, 0.5) is 0 Å². The van der Waals surface area contributed by atoms with E-state index in [2.05, 4.69) is 20.8 Å². The van der Waals surface area contributed by atoms with Crippen molar-refractivity contribution in [1.82, 2.24) is 0 Å². The maximum Gasteiger partial charge on any atom is 0.160 e. The zero-order chi connectivity index (χ0) is 11.6. The monoisotopic (exact) mass is 209 g/mol. The number of nitrogens with two attached hydrogens (primary N) is 1. The van der Waals surface area contributed by atoms with E-state index in [4.69, 9.17) is 5.73 Å². The molecule has 0 spiro atoms. The van der Waals surface area contributed by atoms with E-state index in [1.54, 1.807) is 0 Å². The molecule has 1 rings (SSSR count). The van der Waals surface area contributed by atoms with Gasteiger partial charge < -0.3 is 5.73 Å². The van der Waals surface area contributed by atoms with Crippen LogP contribution in [0, 0.1) is 5.41 Å². The van der Waals surface area contributed by atoms with Crippen LogP contribution < -0.4 is 5.73 Å². The van der Waals surface area contributed by atoms with Crippen LogP contribution in [0.25, 0.3) is 0 Å². The number of ketones is 1. The minimum absolute atomic E-state index is 0.0319. The van der Waals surface area contributed by atoms with Crippen molar-refractivity contribution in [2.24, 2.45) is 11.1 Å². The maximum absolute atomic E-state index is 12.1. The van der Waals surface area contributed by atoms with Gasteiger partial charge in [0.25, 0.3) is 0 Å². The molecule has 0 amide bonds. The van der Waals surface area contributed by atoms with Gasteiger partial charge in [0.05, 0.1) is 0 Å². The highest BCUT2D eigenvalue weighted by Gasteiger charge is 2.32. The van der Waals surface area contributed by atoms with E-state index in [1.165, 1.54) is 12.0 Å². The number of Topliss-reactive ketones (excluding diaryl/α,β-unsaturated/α-hetero) is 1. The third-order valence-corrected chi connectivity index (χ3v) is 3.24. The highest BCUT2D eigenvalue weighted by molar-refractivity contribution is 5.97. The highest BCUT2D eigenvalue weighted by atomic mass is 16.1. The van der Waals surface area contributed by atoms with Gasteiger partial charge in [-0.15, -0.1) is 0 Å². The van der Waals surface area contributed by atoms with E-state index in [-0.39, 0.29) is 17.2 Å². The number of hydrogen-bond acceptors (Lipinski definition) is 2. The Morgan fingerprint density at radius 3 is 2.60 bits per heavy atom. The molecule has 2 heteroatoms. The average Bonchev–Trinajstić information content (AvgIpc) is 1.99. The summed E-state index contributed by atoms with van der Waals surface area (Å²) in [6.45, 7) is 8.33. The number of carbonyl (C=O) groups is 1. The van der Waals surface area contributed by atoms with Crippen LogP contribution in [-0.4, -0.2) is 11.8 Å². The van der Waals surface area contributed by atoms with Crippen molar-refractivity contribution in [2.45, 2.75) is 59.4 Å². The minimum atomic E-state index is -0.0319. The molecule has 0 aromatic carbocycles. The van der Waals surface area contributed by atoms with Gasteiger partial charge in [0.2, 0.25) is 0 Å². The quantitative estimate of drug-likeness (QED) is 0.776. The third kappa shape index (κ3) is 2.91.